The summed E-state index contributed by atoms with van der Waals surface area (Å²) >= 11 is 9.29. The van der Waals surface area contributed by atoms with E-state index in [9.17, 15) is 21.0 Å². The largest absolute Gasteiger partial charge is 0.192 e. The van der Waals surface area contributed by atoms with E-state index >= 15 is 0 Å². The number of thioether (sulfide) groups is 1. The van der Waals surface area contributed by atoms with Crippen molar-refractivity contribution in [2.45, 2.75) is 38.5 Å². The fourth-order valence-electron chi connectivity index (χ4n) is 14.2. The molecule has 2 aliphatic rings. The summed E-state index contributed by atoms with van der Waals surface area (Å²) in [5.74, 6) is 0. The van der Waals surface area contributed by atoms with Crippen LogP contribution in [0.4, 0.5) is 0 Å². The van der Waals surface area contributed by atoms with E-state index in [0.29, 0.717) is 22.2 Å². The van der Waals surface area contributed by atoms with Crippen LogP contribution in [-0.4, -0.2) is 23.7 Å². The Kier molecular flexibility index (Phi) is 14.7. The second kappa shape index (κ2) is 23.5. The molecule has 0 fully saturated rings. The minimum atomic E-state index is -0.743. The maximum absolute atomic E-state index is 9.58. The van der Waals surface area contributed by atoms with E-state index in [2.05, 4.69) is 219 Å². The van der Waals surface area contributed by atoms with Crippen molar-refractivity contribution in [2.24, 2.45) is 0 Å². The molecule has 9 aromatic carbocycles. The molecule has 0 bridgehead atoms. The van der Waals surface area contributed by atoms with Gasteiger partial charge in [0, 0.05) is 56.2 Å². The highest BCUT2D eigenvalue weighted by Crippen LogP contribution is 2.65. The van der Waals surface area contributed by atoms with Gasteiger partial charge in [0.15, 0.2) is 0 Å². The van der Waals surface area contributed by atoms with Crippen LogP contribution in [0.1, 0.15) is 88.3 Å². The highest BCUT2D eigenvalue weighted by Gasteiger charge is 2.52. The van der Waals surface area contributed by atoms with Gasteiger partial charge in [0.2, 0.25) is 0 Å². The summed E-state index contributed by atoms with van der Waals surface area (Å²) in [6, 6.07) is 81.0. The van der Waals surface area contributed by atoms with E-state index in [1.165, 1.54) is 104 Å². The van der Waals surface area contributed by atoms with Crippen LogP contribution < -0.4 is 0 Å². The molecule has 5 aromatic heterocycles. The summed E-state index contributed by atoms with van der Waals surface area (Å²) in [7, 11) is 0. The Hall–Kier alpha value is -10.5. The summed E-state index contributed by atoms with van der Waals surface area (Å²) in [5.41, 5.74) is 25.2. The maximum Gasteiger partial charge on any atom is 0.130 e. The molecule has 95 heavy (non-hydrogen) atoms. The first kappa shape index (κ1) is 59.5. The number of allylic oxidation sites excluding steroid dienone is 2. The Morgan fingerprint density at radius 3 is 1.36 bits per heavy atom. The molecular weight excluding hydrogens is 1280 g/mol. The molecular formula is C81H50N8S6. The molecule has 0 saturated heterocycles. The van der Waals surface area contributed by atoms with Gasteiger partial charge in [0.1, 0.15) is 57.5 Å². The van der Waals surface area contributed by atoms with E-state index in [1.807, 2.05) is 59.9 Å². The van der Waals surface area contributed by atoms with E-state index in [-0.39, 0.29) is 11.1 Å². The van der Waals surface area contributed by atoms with Crippen molar-refractivity contribution in [3.05, 3.63) is 294 Å². The third-order valence-corrected chi connectivity index (χ3v) is 24.3. The number of rotatable bonds is 12. The molecule has 0 N–H and O–H groups in total. The molecule has 5 heterocycles. The van der Waals surface area contributed by atoms with Crippen molar-refractivity contribution in [3.63, 3.8) is 0 Å². The zero-order chi connectivity index (χ0) is 64.9. The molecule has 14 aromatic rings. The number of nitrogens with zero attached hydrogens (tertiary/aromatic N) is 8. The van der Waals surface area contributed by atoms with E-state index < -0.39 is 10.8 Å². The molecule has 0 radical (unpaired) electrons. The maximum atomic E-state index is 9.58. The highest BCUT2D eigenvalue weighted by molar-refractivity contribution is 8.08. The third kappa shape index (κ3) is 9.51. The number of hydrogen-bond donors (Lipinski definition) is 0. The second-order valence-electron chi connectivity index (χ2n) is 24.2. The van der Waals surface area contributed by atoms with Gasteiger partial charge < -0.3 is 0 Å². The number of aryl methyl sites for hydroxylation is 4. The zero-order valence-corrected chi connectivity index (χ0v) is 56.6. The van der Waals surface area contributed by atoms with Crippen molar-refractivity contribution < 1.29 is 0 Å². The van der Waals surface area contributed by atoms with Crippen molar-refractivity contribution in [1.82, 2.24) is 17.5 Å². The van der Waals surface area contributed by atoms with Gasteiger partial charge in [-0.05, 0) is 178 Å². The number of aromatic nitrogens is 4. The molecule has 0 amide bonds. The monoisotopic (exact) mass is 1330 g/mol. The zero-order valence-electron chi connectivity index (χ0n) is 51.7. The van der Waals surface area contributed by atoms with E-state index in [4.69, 9.17) is 8.75 Å². The van der Waals surface area contributed by atoms with Crippen molar-refractivity contribution >= 4 is 125 Å². The Bertz CT molecular complexity index is 5680. The lowest BCUT2D eigenvalue weighted by atomic mass is 9.65. The van der Waals surface area contributed by atoms with Gasteiger partial charge in [0.25, 0.3) is 0 Å². The van der Waals surface area contributed by atoms with Gasteiger partial charge in [0.05, 0.1) is 34.3 Å². The summed E-state index contributed by atoms with van der Waals surface area (Å²) in [6.07, 6.45) is 7.64. The molecule has 0 atom stereocenters. The Morgan fingerprint density at radius 2 is 0.832 bits per heavy atom. The number of thiophene rings is 3. The summed E-state index contributed by atoms with van der Waals surface area (Å²) < 4.78 is 19.9. The van der Waals surface area contributed by atoms with Crippen LogP contribution in [0.2, 0.25) is 0 Å². The van der Waals surface area contributed by atoms with Gasteiger partial charge >= 0.3 is 0 Å². The van der Waals surface area contributed by atoms with Gasteiger partial charge in [-0.25, -0.2) is 0 Å². The second-order valence-corrected chi connectivity index (χ2v) is 29.3. The first-order valence-corrected chi connectivity index (χ1v) is 35.8. The molecule has 450 valence electrons. The minimum absolute atomic E-state index is 0.0166. The summed E-state index contributed by atoms with van der Waals surface area (Å²) in [6.45, 7) is 8.68. The SMILES string of the molecule is CS/C(=C\c1ccc2c(c1)C(c1ccc(C)cc1)(c1ccc(C)cc1)c1cc3c(cc1-2)C(c1ccc(C)cc1)(c1ccc(C)cc1)c1c-3ccc2cc(-c3ccc(-c4ccc(C=C(C#N)C#N)c5nsnc45)s3)sc12)c1ccc(-c2ccc(C=C(C#N)C#N)c3nsnc23)s1. The lowest BCUT2D eigenvalue weighted by molar-refractivity contribution is 0.761. The standard InChI is InChI=1S/C81H50N8S6/c1-45-6-18-55(19-7-45)80(56-20-8-46(2)9-21-56)65-36-49(37-72(90-5)70-32-30-68(91-70)61-28-15-52(34-50(41-82)42-83)75-77(61)88-94-86-75)14-26-59(65)63-39-67-64(40-66(63)80)60-27-17-54-38-73(71-33-31-69(92-71)62-29-16-53(35-51(43-84)44-85)76-78(62)89-95-87-76)93-79(54)74(60)81(67,57-22-10-47(3)11-23-57)58-24-12-48(4)13-25-58/h6-40H,1-5H3/b72-37-. The first-order chi connectivity index (χ1) is 46.4. The lowest BCUT2D eigenvalue weighted by Crippen LogP contribution is -2.30. The Morgan fingerprint density at radius 1 is 0.389 bits per heavy atom. The summed E-state index contributed by atoms with van der Waals surface area (Å²) in [4.78, 5) is 6.69. The predicted octanol–water partition coefficient (Wildman–Crippen LogP) is 21.7. The molecule has 0 aliphatic heterocycles. The van der Waals surface area contributed by atoms with Gasteiger partial charge in [-0.15, -0.1) is 45.8 Å². The van der Waals surface area contributed by atoms with E-state index in [0.717, 1.165) is 75.6 Å². The van der Waals surface area contributed by atoms with Crippen LogP contribution in [0.15, 0.2) is 205 Å². The first-order valence-electron chi connectivity index (χ1n) is 30.6. The number of nitriles is 4. The van der Waals surface area contributed by atoms with Gasteiger partial charge in [-0.3, -0.25) is 0 Å². The Labute approximate surface area is 574 Å². The van der Waals surface area contributed by atoms with Crippen molar-refractivity contribution in [1.29, 1.82) is 21.0 Å². The molecule has 0 spiro atoms. The molecule has 2 aliphatic carbocycles. The van der Waals surface area contributed by atoms with Gasteiger partial charge in [-0.2, -0.15) is 38.5 Å². The average Bonchev–Trinajstić information content (AvgIpc) is 1.52. The molecule has 16 rings (SSSR count). The average molecular weight is 1330 g/mol. The number of fused-ring (bicyclic) bond motifs is 10. The van der Waals surface area contributed by atoms with Gasteiger partial charge in [-0.1, -0.05) is 168 Å². The highest BCUT2D eigenvalue weighted by atomic mass is 32.2. The molecule has 14 heteroatoms. The fourth-order valence-corrected chi connectivity index (χ4v) is 19.6. The van der Waals surface area contributed by atoms with E-state index in [1.54, 1.807) is 46.6 Å². The number of hydrogen-bond acceptors (Lipinski definition) is 14. The third-order valence-electron chi connectivity index (χ3n) is 18.7. The minimum Gasteiger partial charge on any atom is -0.192 e. The quantitative estimate of drug-likeness (QED) is 0.109. The Balaban J connectivity index is 0.895. The van der Waals surface area contributed by atoms with Crippen LogP contribution in [0.5, 0.6) is 0 Å². The smallest absolute Gasteiger partial charge is 0.130 e. The predicted molar refractivity (Wildman–Crippen MR) is 396 cm³/mol. The van der Waals surface area contributed by atoms with Crippen LogP contribution in [0.25, 0.3) is 108 Å². The van der Waals surface area contributed by atoms with Crippen LogP contribution >= 0.6 is 69.2 Å². The number of benzene rings is 9. The van der Waals surface area contributed by atoms with Crippen molar-refractivity contribution in [3.8, 4) is 77.2 Å². The summed E-state index contributed by atoms with van der Waals surface area (Å²) in [5, 5.41) is 39.4. The normalized spacial score (nSPS) is 13.1. The molecule has 8 nitrogen and oxygen atoms in total. The van der Waals surface area contributed by atoms with Crippen LogP contribution in [0.3, 0.4) is 0 Å². The fraction of sp³-hybridized carbons (Fsp3) is 0.0864. The van der Waals surface area contributed by atoms with Crippen molar-refractivity contribution in [2.75, 3.05) is 6.26 Å². The topological polar surface area (TPSA) is 147 Å². The lowest BCUT2D eigenvalue weighted by Gasteiger charge is -2.36. The van der Waals surface area contributed by atoms with Crippen LogP contribution in [-0.2, 0) is 10.8 Å². The van der Waals surface area contributed by atoms with Crippen LogP contribution in [0, 0.1) is 73.0 Å². The molecule has 0 saturated carbocycles. The molecule has 0 unspecified atom stereocenters.